The minimum absolute atomic E-state index is 0.762. The van der Waals surface area contributed by atoms with Crippen LogP contribution in [0.4, 0.5) is 0 Å². The minimum atomic E-state index is 0.762. The zero-order valence-corrected chi connectivity index (χ0v) is 5.15. The van der Waals surface area contributed by atoms with Gasteiger partial charge in [-0.3, -0.25) is 4.98 Å². The van der Waals surface area contributed by atoms with Gasteiger partial charge in [-0.2, -0.15) is 0 Å². The van der Waals surface area contributed by atoms with E-state index in [1.807, 2.05) is 6.07 Å². The fraction of sp³-hybridized carbons (Fsp3) is 0. The van der Waals surface area contributed by atoms with Crippen LogP contribution in [0.2, 0.25) is 0 Å². The number of aromatic nitrogens is 3. The van der Waals surface area contributed by atoms with Crippen molar-refractivity contribution in [1.29, 1.82) is 0 Å². The van der Waals surface area contributed by atoms with E-state index in [1.165, 1.54) is 6.33 Å². The molecule has 0 spiro atoms. The maximum Gasteiger partial charge on any atom is 0.117 e. The van der Waals surface area contributed by atoms with Crippen LogP contribution in [0.25, 0.3) is 10.9 Å². The number of pyridine rings is 1. The van der Waals surface area contributed by atoms with Crippen molar-refractivity contribution in [3.63, 3.8) is 0 Å². The molecule has 3 nitrogen and oxygen atoms in total. The highest BCUT2D eigenvalue weighted by Crippen LogP contribution is 2.03. The Morgan fingerprint density at radius 2 is 2.40 bits per heavy atom. The maximum atomic E-state index is 3.95. The zero-order valence-electron chi connectivity index (χ0n) is 5.15. The molecule has 2 aromatic rings. The van der Waals surface area contributed by atoms with E-state index in [-0.39, 0.29) is 0 Å². The van der Waals surface area contributed by atoms with E-state index in [9.17, 15) is 0 Å². The molecule has 0 unspecified atom stereocenters. The first kappa shape index (κ1) is 5.29. The summed E-state index contributed by atoms with van der Waals surface area (Å²) in [6.45, 7) is 0. The monoisotopic (exact) mass is 130 g/mol. The predicted molar refractivity (Wildman–Crippen MR) is 36.2 cm³/mol. The lowest BCUT2D eigenvalue weighted by atomic mass is 10.3. The maximum absolute atomic E-state index is 3.95. The van der Waals surface area contributed by atoms with Gasteiger partial charge in [0.05, 0.1) is 0 Å². The molecule has 10 heavy (non-hydrogen) atoms. The normalized spacial score (nSPS) is 10.0. The molecule has 0 N–H and O–H groups in total. The molecule has 0 aliphatic heterocycles. The Bertz CT molecular complexity index is 280. The average molecular weight is 130 g/mol. The summed E-state index contributed by atoms with van der Waals surface area (Å²) in [6, 6.07) is 1.85. The first-order valence-electron chi connectivity index (χ1n) is 2.89. The number of hydrogen-bond acceptors (Lipinski definition) is 3. The molecule has 0 atom stereocenters. The molecule has 0 aliphatic carbocycles. The van der Waals surface area contributed by atoms with E-state index in [1.54, 1.807) is 12.4 Å². The first-order valence-corrected chi connectivity index (χ1v) is 2.89. The molecule has 47 valence electrons. The second-order valence-electron chi connectivity index (χ2n) is 1.88. The quantitative estimate of drug-likeness (QED) is 0.530. The molecular formula is C7H4N3. The summed E-state index contributed by atoms with van der Waals surface area (Å²) in [4.78, 5) is 11.6. The summed E-state index contributed by atoms with van der Waals surface area (Å²) in [5.41, 5.74) is 0.762. The van der Waals surface area contributed by atoms with Crippen LogP contribution in [-0.4, -0.2) is 15.0 Å². The lowest BCUT2D eigenvalue weighted by Gasteiger charge is -1.89. The Balaban J connectivity index is 2.89. The van der Waals surface area contributed by atoms with Crippen molar-refractivity contribution in [2.24, 2.45) is 0 Å². The molecule has 0 saturated heterocycles. The largest absolute Gasteiger partial charge is 0.252 e. The second kappa shape index (κ2) is 2.02. The summed E-state index contributed by atoms with van der Waals surface area (Å²) in [5.74, 6) is 0. The fourth-order valence-electron chi connectivity index (χ4n) is 0.772. The molecule has 0 aromatic carbocycles. The molecule has 0 saturated carbocycles. The Morgan fingerprint density at radius 3 is 3.30 bits per heavy atom. The third kappa shape index (κ3) is 0.719. The smallest absolute Gasteiger partial charge is 0.117 e. The van der Waals surface area contributed by atoms with Crippen molar-refractivity contribution >= 4 is 10.9 Å². The predicted octanol–water partition coefficient (Wildman–Crippen LogP) is 0.825. The molecule has 1 radical (unpaired) electrons. The SMILES string of the molecule is [c]1nccc2cncnc12. The van der Waals surface area contributed by atoms with Gasteiger partial charge in [0.25, 0.3) is 0 Å². The fourth-order valence-corrected chi connectivity index (χ4v) is 0.772. The molecule has 3 heteroatoms. The molecule has 2 heterocycles. The van der Waals surface area contributed by atoms with Crippen LogP contribution >= 0.6 is 0 Å². The Kier molecular flexibility index (Phi) is 1.07. The summed E-state index contributed by atoms with van der Waals surface area (Å²) >= 11 is 0. The van der Waals surface area contributed by atoms with Gasteiger partial charge in [-0.25, -0.2) is 9.97 Å². The van der Waals surface area contributed by atoms with Crippen LogP contribution in [0.1, 0.15) is 0 Å². The van der Waals surface area contributed by atoms with Crippen LogP contribution in [-0.2, 0) is 0 Å². The van der Waals surface area contributed by atoms with E-state index >= 15 is 0 Å². The van der Waals surface area contributed by atoms with E-state index in [0.29, 0.717) is 0 Å². The van der Waals surface area contributed by atoms with Crippen LogP contribution in [0.3, 0.4) is 0 Å². The topological polar surface area (TPSA) is 38.7 Å². The number of hydrogen-bond donors (Lipinski definition) is 0. The third-order valence-electron chi connectivity index (χ3n) is 1.24. The van der Waals surface area contributed by atoms with E-state index in [0.717, 1.165) is 10.9 Å². The Hall–Kier alpha value is -1.51. The minimum Gasteiger partial charge on any atom is -0.252 e. The van der Waals surface area contributed by atoms with Gasteiger partial charge in [0.1, 0.15) is 18.0 Å². The molecule has 2 aromatic heterocycles. The van der Waals surface area contributed by atoms with Gasteiger partial charge in [-0.15, -0.1) is 0 Å². The van der Waals surface area contributed by atoms with Crippen molar-refractivity contribution in [2.75, 3.05) is 0 Å². The summed E-state index contributed by atoms with van der Waals surface area (Å²) in [5, 5.41) is 0.970. The summed E-state index contributed by atoms with van der Waals surface area (Å²) in [6.07, 6.45) is 7.65. The van der Waals surface area contributed by atoms with Gasteiger partial charge in [0.15, 0.2) is 0 Å². The van der Waals surface area contributed by atoms with Gasteiger partial charge in [-0.05, 0) is 6.07 Å². The van der Waals surface area contributed by atoms with Gasteiger partial charge in [-0.1, -0.05) is 0 Å². The number of fused-ring (bicyclic) bond motifs is 1. The van der Waals surface area contributed by atoms with Crippen molar-refractivity contribution in [3.8, 4) is 0 Å². The van der Waals surface area contributed by atoms with Gasteiger partial charge < -0.3 is 0 Å². The van der Waals surface area contributed by atoms with Crippen LogP contribution in [0.15, 0.2) is 24.8 Å². The van der Waals surface area contributed by atoms with Gasteiger partial charge in [0, 0.05) is 17.8 Å². The Labute approximate surface area is 57.8 Å². The first-order chi connectivity index (χ1) is 4.97. The average Bonchev–Trinajstić information content (AvgIpc) is 2.05. The second-order valence-corrected chi connectivity index (χ2v) is 1.88. The van der Waals surface area contributed by atoms with E-state index < -0.39 is 0 Å². The van der Waals surface area contributed by atoms with Crippen molar-refractivity contribution in [1.82, 2.24) is 15.0 Å². The highest BCUT2D eigenvalue weighted by molar-refractivity contribution is 5.74. The number of rotatable bonds is 0. The molecule has 0 bridgehead atoms. The zero-order chi connectivity index (χ0) is 6.81. The van der Waals surface area contributed by atoms with Crippen molar-refractivity contribution in [2.45, 2.75) is 0 Å². The van der Waals surface area contributed by atoms with Crippen LogP contribution < -0.4 is 0 Å². The Morgan fingerprint density at radius 1 is 1.40 bits per heavy atom. The summed E-state index contributed by atoms with van der Waals surface area (Å²) in [7, 11) is 0. The van der Waals surface area contributed by atoms with E-state index in [2.05, 4.69) is 21.1 Å². The van der Waals surface area contributed by atoms with Crippen molar-refractivity contribution in [3.05, 3.63) is 31.0 Å². The van der Waals surface area contributed by atoms with Gasteiger partial charge in [0.2, 0.25) is 0 Å². The third-order valence-corrected chi connectivity index (χ3v) is 1.24. The molecular weight excluding hydrogens is 126 g/mol. The highest BCUT2D eigenvalue weighted by atomic mass is 14.8. The lowest BCUT2D eigenvalue weighted by molar-refractivity contribution is 1.20. The molecule has 0 aliphatic rings. The standard InChI is InChI=1S/C7H4N3/c1-2-8-4-7-6(1)3-9-5-10-7/h1-3,5H. The number of nitrogens with zero attached hydrogens (tertiary/aromatic N) is 3. The highest BCUT2D eigenvalue weighted by Gasteiger charge is 1.89. The molecule has 0 fully saturated rings. The van der Waals surface area contributed by atoms with Crippen LogP contribution in [0.5, 0.6) is 0 Å². The van der Waals surface area contributed by atoms with E-state index in [4.69, 9.17) is 0 Å². The van der Waals surface area contributed by atoms with Crippen LogP contribution in [0, 0.1) is 6.20 Å². The lowest BCUT2D eigenvalue weighted by Crippen LogP contribution is -1.80. The summed E-state index contributed by atoms with van der Waals surface area (Å²) < 4.78 is 0. The van der Waals surface area contributed by atoms with Gasteiger partial charge >= 0.3 is 0 Å². The van der Waals surface area contributed by atoms with Crippen molar-refractivity contribution < 1.29 is 0 Å². The molecule has 0 amide bonds. The molecule has 2 rings (SSSR count).